The third-order valence-corrected chi connectivity index (χ3v) is 22.9. The van der Waals surface area contributed by atoms with Crippen molar-refractivity contribution in [3.05, 3.63) is 148 Å². The lowest BCUT2D eigenvalue weighted by molar-refractivity contribution is -0.438. The number of aliphatic carboxylic acids is 1. The van der Waals surface area contributed by atoms with E-state index in [0.29, 0.717) is 81.5 Å². The zero-order valence-corrected chi connectivity index (χ0v) is 60.9. The van der Waals surface area contributed by atoms with Crippen molar-refractivity contribution < 1.29 is 99.3 Å². The summed E-state index contributed by atoms with van der Waals surface area (Å²) in [6, 6.07) is 18.0. The molecule has 1 saturated carbocycles. The molecule has 0 aromatic heterocycles. The molecule has 2 aliphatic carbocycles. The molecule has 0 saturated heterocycles. The zero-order chi connectivity index (χ0) is 74.4. The summed E-state index contributed by atoms with van der Waals surface area (Å²) < 4.78 is 185. The van der Waals surface area contributed by atoms with E-state index in [9.17, 15) is 67.4 Å². The Balaban J connectivity index is 0.886. The Morgan fingerprint density at radius 1 is 0.735 bits per heavy atom. The number of amides is 2. The first-order valence-corrected chi connectivity index (χ1v) is 40.5. The van der Waals surface area contributed by atoms with Crippen LogP contribution in [0.5, 0.6) is 11.5 Å². The summed E-state index contributed by atoms with van der Waals surface area (Å²) in [4.78, 5) is 37.1. The molecule has 0 bridgehead atoms. The van der Waals surface area contributed by atoms with Gasteiger partial charge in [-0.25, -0.2) is 48.4 Å². The summed E-state index contributed by atoms with van der Waals surface area (Å²) in [5.41, 5.74) is 5.60. The second-order valence-corrected chi connectivity index (χ2v) is 33.6. The van der Waals surface area contributed by atoms with Gasteiger partial charge in [0.05, 0.1) is 59.2 Å². The quantitative estimate of drug-likeness (QED) is 0.00975. The van der Waals surface area contributed by atoms with Crippen LogP contribution in [-0.4, -0.2) is 156 Å². The molecule has 558 valence electrons. The number of nitrogens with zero attached hydrogens (tertiary/aromatic N) is 2. The van der Waals surface area contributed by atoms with Gasteiger partial charge in [0.1, 0.15) is 34.7 Å². The number of phenols is 1. The molecule has 4 aromatic rings. The molecule has 1 atom stereocenters. The Morgan fingerprint density at radius 3 is 2.08 bits per heavy atom. The number of allylic oxidation sites excluding steroid dienone is 7. The van der Waals surface area contributed by atoms with Gasteiger partial charge in [-0.15, -0.1) is 0 Å². The molecule has 102 heavy (non-hydrogen) atoms. The number of nitrogens with two attached hydrogens (primary N) is 1. The van der Waals surface area contributed by atoms with Gasteiger partial charge in [-0.2, -0.15) is 13.0 Å². The number of aromatic hydroxyl groups is 1. The monoisotopic (exact) mass is 1500 g/mol. The van der Waals surface area contributed by atoms with Crippen LogP contribution in [0.15, 0.2) is 123 Å². The number of carboxylic acid groups (broad SMARTS) is 1. The maximum atomic E-state index is 15.8. The number of para-hydroxylation sites is 1. The number of rotatable bonds is 35. The number of ether oxygens (including phenoxy) is 3. The van der Waals surface area contributed by atoms with E-state index >= 15 is 13.2 Å². The minimum Gasteiger partial charge on any atom is -0.748 e. The molecule has 0 radical (unpaired) electrons. The average molecular weight is 1500 g/mol. The summed E-state index contributed by atoms with van der Waals surface area (Å²) in [6.07, 6.45) is 14.9. The Hall–Kier alpha value is -7.49. The highest BCUT2D eigenvalue weighted by Gasteiger charge is 2.45. The predicted molar refractivity (Wildman–Crippen MR) is 377 cm³/mol. The molecule has 24 nitrogen and oxygen atoms in total. The third-order valence-electron chi connectivity index (χ3n) is 18.6. The first-order chi connectivity index (χ1) is 48.1. The lowest BCUT2D eigenvalue weighted by Crippen LogP contribution is -2.42. The van der Waals surface area contributed by atoms with Crippen LogP contribution in [0.2, 0.25) is 0 Å². The Labute approximate surface area is 594 Å². The fourth-order valence-electron chi connectivity index (χ4n) is 13.4. The van der Waals surface area contributed by atoms with Crippen molar-refractivity contribution >= 4 is 80.7 Å². The predicted octanol–water partition coefficient (Wildman–Crippen LogP) is 9.55. The number of hydrogen-bond acceptors (Lipinski definition) is 18. The van der Waals surface area contributed by atoms with Crippen LogP contribution >= 0.6 is 0 Å². The fourth-order valence-corrected chi connectivity index (χ4v) is 16.7. The fraction of sp³-hybridized carbons (Fsp3) is 0.493. The van der Waals surface area contributed by atoms with Gasteiger partial charge in [0.15, 0.2) is 37.9 Å². The molecule has 2 amide bonds. The lowest BCUT2D eigenvalue weighted by atomic mass is 9.81. The standard InChI is InChI=1S/C71H91F3N6O18S4/c1-70(2)53-21-10-11-22-56(53)79(36-12-14-42-100(88,89)90)58(70)31-25-48-17-16-18-49(26-32-59-71(3,4)54-46-51(81)27-30-57(54)80(59)37-13-15-43-101(91,92)93)66(48)98-52-28-23-47(24-29-52)45-55(69(84)85)78-61(83)33-38-96-40-41-97-39-35-76-60(82)34-44-99(86,87)68-63(73)62(72)67(102(75,94)95)64(74)65(68)77-50-19-8-6-5-7-9-20-50/h10-11,21-32,46,50,55,77H,5-9,12-20,33-45H2,1-4H3,(H7-,75,76,78,81,82,83,84,85,88,89,90,91,92,93,94,95)/t55-/m0/s1. The molecular formula is C71H91F3N6O18S4. The number of sulfonamides is 1. The van der Waals surface area contributed by atoms with Gasteiger partial charge in [-0.3, -0.25) is 14.1 Å². The second-order valence-electron chi connectivity index (χ2n) is 26.9. The van der Waals surface area contributed by atoms with Crippen LogP contribution in [0.1, 0.15) is 147 Å². The third kappa shape index (κ3) is 21.3. The van der Waals surface area contributed by atoms with Crippen LogP contribution in [0.4, 0.5) is 30.2 Å². The van der Waals surface area contributed by atoms with E-state index in [4.69, 9.17) is 19.3 Å². The van der Waals surface area contributed by atoms with Crippen molar-refractivity contribution in [3.8, 4) is 11.5 Å². The molecule has 0 unspecified atom stereocenters. The molecule has 2 aliphatic heterocycles. The van der Waals surface area contributed by atoms with E-state index < -0.39 is 137 Å². The second kappa shape index (κ2) is 34.9. The average Bonchev–Trinajstić information content (AvgIpc) is 1.51. The maximum absolute atomic E-state index is 15.8. The number of anilines is 2. The first kappa shape index (κ1) is 80.2. The van der Waals surface area contributed by atoms with Gasteiger partial charge in [-0.1, -0.05) is 82.4 Å². The number of sulfone groups is 1. The van der Waals surface area contributed by atoms with Crippen molar-refractivity contribution in [2.24, 2.45) is 5.14 Å². The van der Waals surface area contributed by atoms with Gasteiger partial charge in [0, 0.05) is 85.1 Å². The number of unbranched alkanes of at least 4 members (excludes halogenated alkanes) is 2. The van der Waals surface area contributed by atoms with E-state index in [-0.39, 0.29) is 64.4 Å². The molecule has 4 aliphatic rings. The lowest BCUT2D eigenvalue weighted by Gasteiger charge is -2.27. The number of hydrogen-bond donors (Lipinski definition) is 7. The van der Waals surface area contributed by atoms with E-state index in [1.54, 1.807) is 36.4 Å². The number of nitrogens with one attached hydrogen (secondary N) is 3. The number of halogens is 3. The van der Waals surface area contributed by atoms with Crippen molar-refractivity contribution in [2.45, 2.75) is 170 Å². The Bertz CT molecular complexity index is 4380. The molecule has 1 fully saturated rings. The summed E-state index contributed by atoms with van der Waals surface area (Å²) >= 11 is 0. The molecule has 4 aromatic carbocycles. The van der Waals surface area contributed by atoms with E-state index in [1.807, 2.05) is 56.3 Å². The van der Waals surface area contributed by atoms with Crippen LogP contribution in [0.25, 0.3) is 0 Å². The van der Waals surface area contributed by atoms with Gasteiger partial charge in [0.2, 0.25) is 27.5 Å². The Morgan fingerprint density at radius 2 is 1.40 bits per heavy atom. The largest absolute Gasteiger partial charge is 0.748 e. The van der Waals surface area contributed by atoms with Crippen molar-refractivity contribution in [2.75, 3.05) is 73.5 Å². The number of carbonyl (C=O) groups excluding carboxylic acids is 2. The SMILES string of the molecule is CC1(C)C(/C=C/C2=C(Oc3ccc(C[C@H](NC(=O)CCOCCOCCNC(=O)CCS(=O)(=O)c4c(F)c(F)c(S(N)(=O)=O)c(F)c4NC4CCCCCCC4)C(=O)O)cc3)C(=C/C=C3/N(CCCCS(=O)(=O)O)c4ccc(O)cc4C3(C)C)/CCC2)=[N+](CCCCS(=O)(=O)[O-])c2ccccc21. The number of phenolic OH excluding ortho intramolecular Hbond substituents is 1. The number of benzene rings is 4. The van der Waals surface area contributed by atoms with Crippen molar-refractivity contribution in [1.82, 2.24) is 10.6 Å². The van der Waals surface area contributed by atoms with Crippen molar-refractivity contribution in [1.29, 1.82) is 0 Å². The van der Waals surface area contributed by atoms with E-state index in [2.05, 4.69) is 51.4 Å². The highest BCUT2D eigenvalue weighted by atomic mass is 32.2. The summed E-state index contributed by atoms with van der Waals surface area (Å²) in [6.45, 7) is 8.78. The van der Waals surface area contributed by atoms with Gasteiger partial charge in [0.25, 0.3) is 10.1 Å². The first-order valence-electron chi connectivity index (χ1n) is 34.1. The normalized spacial score (nSPS) is 17.8. The highest BCUT2D eigenvalue weighted by molar-refractivity contribution is 7.91. The molecule has 8 N–H and O–H groups in total. The topological polar surface area (TPSA) is 368 Å². The molecular weight excluding hydrogens is 1410 g/mol. The number of primary sulfonamides is 1. The highest BCUT2D eigenvalue weighted by Crippen LogP contribution is 2.50. The minimum atomic E-state index is -5.20. The summed E-state index contributed by atoms with van der Waals surface area (Å²) in [5, 5.41) is 33.5. The maximum Gasteiger partial charge on any atom is 0.326 e. The summed E-state index contributed by atoms with van der Waals surface area (Å²) in [7, 11) is -18.8. The van der Waals surface area contributed by atoms with Crippen LogP contribution in [-0.2, 0) is 81.2 Å². The van der Waals surface area contributed by atoms with Crippen LogP contribution in [0, 0.1) is 17.5 Å². The molecule has 0 spiro atoms. The van der Waals surface area contributed by atoms with Crippen LogP contribution in [0.3, 0.4) is 0 Å². The molecule has 2 heterocycles. The smallest absolute Gasteiger partial charge is 0.326 e. The van der Waals surface area contributed by atoms with Crippen molar-refractivity contribution in [3.63, 3.8) is 0 Å². The van der Waals surface area contributed by atoms with Gasteiger partial charge in [-0.05, 0) is 130 Å². The molecule has 8 rings (SSSR count). The van der Waals surface area contributed by atoms with E-state index in [1.165, 1.54) is 0 Å². The van der Waals surface area contributed by atoms with Crippen LogP contribution < -0.4 is 30.7 Å². The number of fused-ring (bicyclic) bond motifs is 2. The minimum absolute atomic E-state index is 0.0168. The number of carbonyl (C=O) groups is 3. The number of carboxylic acids is 1. The molecule has 31 heteroatoms. The van der Waals surface area contributed by atoms with E-state index in [0.717, 1.165) is 70.7 Å². The zero-order valence-electron chi connectivity index (χ0n) is 57.6. The van der Waals surface area contributed by atoms with Gasteiger partial charge < -0.3 is 49.8 Å². The summed E-state index contributed by atoms with van der Waals surface area (Å²) in [5.74, 6) is -10.0. The Kier molecular flexibility index (Phi) is 27.4. The van der Waals surface area contributed by atoms with Gasteiger partial charge >= 0.3 is 5.97 Å².